The minimum Gasteiger partial charge on any atom is -0.474 e. The second-order valence-corrected chi connectivity index (χ2v) is 11.3. The number of halogens is 2. The normalized spacial score (nSPS) is 23.0. The van der Waals surface area contributed by atoms with Crippen molar-refractivity contribution < 1.29 is 27.8 Å². The molecule has 3 aromatic rings. The van der Waals surface area contributed by atoms with Crippen LogP contribution < -0.4 is 15.0 Å². The summed E-state index contributed by atoms with van der Waals surface area (Å²) in [5.74, 6) is 1.33. The van der Waals surface area contributed by atoms with Gasteiger partial charge in [0.1, 0.15) is 11.9 Å². The Bertz CT molecular complexity index is 1350. The number of alkyl halides is 2. The monoisotopic (exact) mass is 584 g/mol. The van der Waals surface area contributed by atoms with Gasteiger partial charge in [0.25, 0.3) is 6.43 Å². The Balaban J connectivity index is 1.14. The fourth-order valence-electron chi connectivity index (χ4n) is 6.08. The van der Waals surface area contributed by atoms with E-state index in [1.165, 1.54) is 4.57 Å². The average molecular weight is 585 g/mol. The van der Waals surface area contributed by atoms with Crippen molar-refractivity contribution in [1.29, 1.82) is 0 Å². The van der Waals surface area contributed by atoms with Crippen molar-refractivity contribution in [2.75, 3.05) is 51.0 Å². The molecule has 0 bridgehead atoms. The summed E-state index contributed by atoms with van der Waals surface area (Å²) in [6, 6.07) is 8.62. The van der Waals surface area contributed by atoms with Crippen LogP contribution in [-0.4, -0.2) is 77.6 Å². The standard InChI is InChI=1S/C30H38F2N6O4/c31-27(32)28-34-23-5-1-2-6-24(23)38(28)25-18-26(36-30(35-25)37-13-16-40-17-14-37)42-22-9-7-21(8-10-22)29(39)33-12-3-4-20-11-15-41-19-20/h1-2,5-6,18,20-22,27H,3-4,7-17,19H2,(H,33,39)/t20?,21-,22-. The van der Waals surface area contributed by atoms with E-state index in [4.69, 9.17) is 19.2 Å². The fourth-order valence-corrected chi connectivity index (χ4v) is 6.08. The van der Waals surface area contributed by atoms with Crippen LogP contribution in [0.2, 0.25) is 0 Å². The fraction of sp³-hybridized carbons (Fsp3) is 0.600. The third-order valence-electron chi connectivity index (χ3n) is 8.43. The van der Waals surface area contributed by atoms with E-state index in [0.29, 0.717) is 74.5 Å². The number of nitrogens with zero attached hydrogens (tertiary/aromatic N) is 5. The molecule has 2 saturated heterocycles. The third-order valence-corrected chi connectivity index (χ3v) is 8.43. The van der Waals surface area contributed by atoms with Gasteiger partial charge in [-0.15, -0.1) is 0 Å². The van der Waals surface area contributed by atoms with Gasteiger partial charge in [-0.2, -0.15) is 9.97 Å². The van der Waals surface area contributed by atoms with Gasteiger partial charge in [-0.25, -0.2) is 13.8 Å². The van der Waals surface area contributed by atoms with Crippen LogP contribution in [0.5, 0.6) is 5.88 Å². The van der Waals surface area contributed by atoms with E-state index in [1.807, 2.05) is 4.90 Å². The van der Waals surface area contributed by atoms with E-state index >= 15 is 0 Å². The number of rotatable bonds is 10. The van der Waals surface area contributed by atoms with E-state index in [0.717, 1.165) is 45.3 Å². The Morgan fingerprint density at radius 1 is 1.02 bits per heavy atom. The van der Waals surface area contributed by atoms with Gasteiger partial charge in [0.05, 0.1) is 24.2 Å². The van der Waals surface area contributed by atoms with E-state index in [-0.39, 0.29) is 29.6 Å². The number of amides is 1. The SMILES string of the molecule is O=C(NCCCC1CCOC1)[C@H]1CC[C@H](Oc2cc(-n3c(C(F)F)nc4ccccc43)nc(N3CCOCC3)n2)CC1. The topological polar surface area (TPSA) is 104 Å². The highest BCUT2D eigenvalue weighted by atomic mass is 19.3. The van der Waals surface area contributed by atoms with E-state index in [9.17, 15) is 13.6 Å². The van der Waals surface area contributed by atoms with Crippen molar-refractivity contribution in [3.05, 3.63) is 36.2 Å². The summed E-state index contributed by atoms with van der Waals surface area (Å²) in [7, 11) is 0. The van der Waals surface area contributed by atoms with Crippen LogP contribution in [-0.2, 0) is 14.3 Å². The first kappa shape index (κ1) is 28.7. The van der Waals surface area contributed by atoms with Gasteiger partial charge >= 0.3 is 0 Å². The van der Waals surface area contributed by atoms with Crippen LogP contribution in [0.25, 0.3) is 16.9 Å². The van der Waals surface area contributed by atoms with Crippen molar-refractivity contribution in [2.24, 2.45) is 11.8 Å². The predicted molar refractivity (Wildman–Crippen MR) is 152 cm³/mol. The molecule has 1 saturated carbocycles. The van der Waals surface area contributed by atoms with Gasteiger partial charge < -0.3 is 24.4 Å². The molecule has 1 amide bonds. The van der Waals surface area contributed by atoms with Crippen LogP contribution >= 0.6 is 0 Å². The maximum Gasteiger partial charge on any atom is 0.296 e. The number of hydrogen-bond acceptors (Lipinski definition) is 8. The van der Waals surface area contributed by atoms with Crippen LogP contribution in [0.3, 0.4) is 0 Å². The molecule has 2 aromatic heterocycles. The van der Waals surface area contributed by atoms with Gasteiger partial charge in [0.15, 0.2) is 5.82 Å². The first-order valence-electron chi connectivity index (χ1n) is 15.0. The average Bonchev–Trinajstić information content (AvgIpc) is 3.68. The summed E-state index contributed by atoms with van der Waals surface area (Å²) in [5.41, 5.74) is 0.999. The molecule has 6 rings (SSSR count). The van der Waals surface area contributed by atoms with Crippen LogP contribution in [0.1, 0.15) is 57.2 Å². The molecule has 1 atom stereocenters. The molecular formula is C30H38F2N6O4. The molecule has 12 heteroatoms. The number of para-hydroxylation sites is 2. The minimum absolute atomic E-state index is 0.0320. The Labute approximate surface area is 243 Å². The third kappa shape index (κ3) is 6.64. The maximum absolute atomic E-state index is 14.1. The molecule has 42 heavy (non-hydrogen) atoms. The summed E-state index contributed by atoms with van der Waals surface area (Å²) in [6.07, 6.45) is 3.12. The second-order valence-electron chi connectivity index (χ2n) is 11.3. The lowest BCUT2D eigenvalue weighted by Crippen LogP contribution is -2.38. The summed E-state index contributed by atoms with van der Waals surface area (Å²) in [4.78, 5) is 28.3. The van der Waals surface area contributed by atoms with Gasteiger partial charge in [0, 0.05) is 44.8 Å². The molecule has 1 aromatic carbocycles. The first-order valence-corrected chi connectivity index (χ1v) is 15.0. The van der Waals surface area contributed by atoms with Crippen molar-refractivity contribution in [1.82, 2.24) is 24.8 Å². The lowest BCUT2D eigenvalue weighted by molar-refractivity contribution is -0.126. The predicted octanol–water partition coefficient (Wildman–Crippen LogP) is 4.46. The molecule has 1 aliphatic carbocycles. The highest BCUT2D eigenvalue weighted by molar-refractivity contribution is 5.79. The quantitative estimate of drug-likeness (QED) is 0.349. The minimum atomic E-state index is -2.79. The molecule has 0 spiro atoms. The summed E-state index contributed by atoms with van der Waals surface area (Å²) >= 11 is 0. The number of benzene rings is 1. The van der Waals surface area contributed by atoms with Crippen molar-refractivity contribution in [3.63, 3.8) is 0 Å². The van der Waals surface area contributed by atoms with Crippen molar-refractivity contribution in [3.8, 4) is 11.7 Å². The van der Waals surface area contributed by atoms with Gasteiger partial charge in [-0.3, -0.25) is 9.36 Å². The molecule has 2 aliphatic heterocycles. The number of imidazole rings is 1. The van der Waals surface area contributed by atoms with Crippen molar-refractivity contribution >= 4 is 22.9 Å². The number of carbonyl (C=O) groups excluding carboxylic acids is 1. The molecule has 10 nitrogen and oxygen atoms in total. The van der Waals surface area contributed by atoms with Crippen LogP contribution in [0, 0.1) is 11.8 Å². The van der Waals surface area contributed by atoms with E-state index in [2.05, 4.69) is 15.3 Å². The number of morpholine rings is 1. The van der Waals surface area contributed by atoms with Crippen molar-refractivity contribution in [2.45, 2.75) is 57.5 Å². The largest absolute Gasteiger partial charge is 0.474 e. The Morgan fingerprint density at radius 2 is 1.83 bits per heavy atom. The van der Waals surface area contributed by atoms with Gasteiger partial charge in [0.2, 0.25) is 17.7 Å². The maximum atomic E-state index is 14.1. The number of hydrogen-bond donors (Lipinski definition) is 1. The number of nitrogens with one attached hydrogen (secondary N) is 1. The van der Waals surface area contributed by atoms with Crippen LogP contribution in [0.15, 0.2) is 30.3 Å². The van der Waals surface area contributed by atoms with Gasteiger partial charge in [-0.1, -0.05) is 12.1 Å². The zero-order valence-corrected chi connectivity index (χ0v) is 23.7. The number of anilines is 1. The molecule has 4 heterocycles. The number of fused-ring (bicyclic) bond motifs is 1. The molecule has 3 aliphatic rings. The number of carbonyl (C=O) groups is 1. The Kier molecular flexibility index (Phi) is 9.09. The molecule has 1 N–H and O–H groups in total. The summed E-state index contributed by atoms with van der Waals surface area (Å²) in [6.45, 7) is 4.62. The Hall–Kier alpha value is -3.38. The van der Waals surface area contributed by atoms with Gasteiger partial charge in [-0.05, 0) is 63.0 Å². The second kappa shape index (κ2) is 13.3. The molecule has 0 radical (unpaired) electrons. The number of aromatic nitrogens is 4. The molecule has 1 unspecified atom stereocenters. The van der Waals surface area contributed by atoms with E-state index in [1.54, 1.807) is 30.3 Å². The molecular weight excluding hydrogens is 546 g/mol. The van der Waals surface area contributed by atoms with Crippen LogP contribution in [0.4, 0.5) is 14.7 Å². The smallest absolute Gasteiger partial charge is 0.296 e. The highest BCUT2D eigenvalue weighted by Gasteiger charge is 2.29. The zero-order chi connectivity index (χ0) is 28.9. The highest BCUT2D eigenvalue weighted by Crippen LogP contribution is 2.32. The summed E-state index contributed by atoms with van der Waals surface area (Å²) < 4.78 is 46.9. The van der Waals surface area contributed by atoms with E-state index < -0.39 is 6.43 Å². The first-order chi connectivity index (χ1) is 20.5. The number of ether oxygens (including phenoxy) is 3. The summed E-state index contributed by atoms with van der Waals surface area (Å²) in [5, 5.41) is 3.11. The molecule has 3 fully saturated rings. The molecule has 226 valence electrons. The lowest BCUT2D eigenvalue weighted by Gasteiger charge is -2.29. The lowest BCUT2D eigenvalue weighted by atomic mass is 9.86. The Morgan fingerprint density at radius 3 is 2.60 bits per heavy atom. The zero-order valence-electron chi connectivity index (χ0n) is 23.7.